The Morgan fingerprint density at radius 2 is 1.50 bits per heavy atom. The summed E-state index contributed by atoms with van der Waals surface area (Å²) in [4.78, 5) is 0. The third-order valence-corrected chi connectivity index (χ3v) is 0. The third kappa shape index (κ3) is 9.49. The topological polar surface area (TPSA) is 0 Å². The summed E-state index contributed by atoms with van der Waals surface area (Å²) in [6, 6.07) is 0. The molecule has 4 heavy (non-hydrogen) atoms. The molecule has 0 aliphatic heterocycles. The Morgan fingerprint density at radius 3 is 1.50 bits per heavy atom. The first-order chi connectivity index (χ1) is 1.73. The summed E-state index contributed by atoms with van der Waals surface area (Å²) < 4.78 is 0. The average molecular weight is 177 g/mol. The van der Waals surface area contributed by atoms with Crippen LogP contribution in [0.2, 0.25) is 0 Å². The monoisotopic (exact) mass is 176 g/mol. The molecule has 0 aliphatic rings. The highest BCUT2D eigenvalue weighted by molar-refractivity contribution is 9.55. The van der Waals surface area contributed by atoms with E-state index in [1.54, 1.807) is 0 Å². The van der Waals surface area contributed by atoms with Gasteiger partial charge in [-0.2, -0.15) is 0 Å². The quantitative estimate of drug-likeness (QED) is 0.412. The van der Waals surface area contributed by atoms with Crippen molar-refractivity contribution >= 4 is 45.0 Å². The molecule has 0 radical (unpaired) electrons. The molecule has 0 saturated carbocycles. The minimum absolute atomic E-state index is 0.419. The van der Waals surface area contributed by atoms with Crippen molar-refractivity contribution in [2.75, 3.05) is 0 Å². The van der Waals surface area contributed by atoms with Crippen LogP contribution in [0, 0.1) is 0 Å². The fourth-order valence-corrected chi connectivity index (χ4v) is 0. The van der Waals surface area contributed by atoms with E-state index in [9.17, 15) is 0 Å². The predicted octanol–water partition coefficient (Wildman–Crippen LogP) is 2.47. The van der Waals surface area contributed by atoms with Gasteiger partial charge in [0.2, 0.25) is 0 Å². The number of rotatable bonds is 0. The average Bonchev–Trinajstić information content (AvgIpc) is 0.811. The molecule has 0 rings (SSSR count). The molecule has 0 nitrogen and oxygen atoms in total. The minimum Gasteiger partial charge on any atom is -0.129 e. The van der Waals surface area contributed by atoms with Crippen molar-refractivity contribution in [3.63, 3.8) is 0 Å². The number of hydrogen-bond acceptors (Lipinski definition) is 2. The molecule has 4 heteroatoms. The zero-order valence-corrected chi connectivity index (χ0v) is 5.99. The lowest BCUT2D eigenvalue weighted by molar-refractivity contribution is 5.61. The second kappa shape index (κ2) is 2.83. The van der Waals surface area contributed by atoms with Gasteiger partial charge in [-0.25, -0.2) is 0 Å². The molecule has 0 aromatic rings. The van der Waals surface area contributed by atoms with Gasteiger partial charge >= 0.3 is 0 Å². The highest BCUT2D eigenvalue weighted by Crippen LogP contribution is 2.52. The van der Waals surface area contributed by atoms with Crippen molar-refractivity contribution in [1.82, 2.24) is 0 Å². The normalized spacial score (nSPS) is 9.00. The van der Waals surface area contributed by atoms with Crippen molar-refractivity contribution < 1.29 is 0 Å². The first-order valence-corrected chi connectivity index (χ1v) is 6.23. The van der Waals surface area contributed by atoms with Crippen LogP contribution in [0.5, 0.6) is 0 Å². The van der Waals surface area contributed by atoms with E-state index in [0.717, 1.165) is 0 Å². The van der Waals surface area contributed by atoms with Gasteiger partial charge < -0.3 is 0 Å². The Hall–Kier alpha value is 1.61. The molecule has 0 fully saturated rings. The summed E-state index contributed by atoms with van der Waals surface area (Å²) >= 11 is 10.7. The first kappa shape index (κ1) is 5.61. The fraction of sp³-hybridized carbons (Fsp3) is 0. The minimum atomic E-state index is -0.419. The van der Waals surface area contributed by atoms with Crippen LogP contribution in [-0.4, -0.2) is 0 Å². The summed E-state index contributed by atoms with van der Waals surface area (Å²) in [6.07, 6.45) is 0. The fourth-order valence-electron chi connectivity index (χ4n) is 0. The summed E-state index contributed by atoms with van der Waals surface area (Å²) in [5.74, 6) is 0. The maximum absolute atomic E-state index is 3.81. The second-order valence-electron chi connectivity index (χ2n) is 0.241. The van der Waals surface area contributed by atoms with Gasteiger partial charge in [-0.05, 0) is 15.5 Å². The standard InChI is InChI=1S/BrH2PS2/c1-2(3)4/h3-4H. The molecule has 0 atom stereocenters. The molecule has 0 amide bonds. The molecule has 0 N–H and O–H groups in total. The van der Waals surface area contributed by atoms with E-state index in [-0.39, 0.29) is 0 Å². The maximum Gasteiger partial charge on any atom is 0.0769 e. The summed E-state index contributed by atoms with van der Waals surface area (Å²) in [6.45, 7) is 0. The van der Waals surface area contributed by atoms with E-state index >= 15 is 0 Å². The van der Waals surface area contributed by atoms with Gasteiger partial charge in [0.15, 0.2) is 0 Å². The van der Waals surface area contributed by atoms with Crippen LogP contribution in [0.4, 0.5) is 0 Å². The molecule has 0 heterocycles. The Labute approximate surface area is 45.2 Å². The van der Waals surface area contributed by atoms with Crippen molar-refractivity contribution in [3.05, 3.63) is 0 Å². The predicted molar refractivity (Wildman–Crippen MR) is 33.8 cm³/mol. The van der Waals surface area contributed by atoms with Gasteiger partial charge in [-0.1, -0.05) is 0 Å². The highest BCUT2D eigenvalue weighted by atomic mass is 79.9. The Morgan fingerprint density at radius 1 is 1.50 bits per heavy atom. The SMILES string of the molecule is SP(S)Br. The molecule has 0 saturated heterocycles. The molecule has 26 valence electrons. The van der Waals surface area contributed by atoms with Crippen LogP contribution in [0.3, 0.4) is 0 Å². The van der Waals surface area contributed by atoms with Gasteiger partial charge in [-0.15, -0.1) is 24.5 Å². The second-order valence-corrected chi connectivity index (χ2v) is 9.49. The lowest BCUT2D eigenvalue weighted by atomic mass is 30.0. The molecular formula is H2BrPS2. The third-order valence-electron chi connectivity index (χ3n) is 0. The van der Waals surface area contributed by atoms with Crippen LogP contribution < -0.4 is 0 Å². The maximum atomic E-state index is 3.81. The molecular weight excluding hydrogens is 175 g/mol. The van der Waals surface area contributed by atoms with E-state index in [4.69, 9.17) is 0 Å². The number of thiol groups is 2. The summed E-state index contributed by atoms with van der Waals surface area (Å²) in [5, 5.41) is -0.419. The molecule has 0 aromatic heterocycles. The van der Waals surface area contributed by atoms with E-state index in [2.05, 4.69) is 40.0 Å². The van der Waals surface area contributed by atoms with E-state index in [1.807, 2.05) is 0 Å². The van der Waals surface area contributed by atoms with E-state index in [1.165, 1.54) is 0 Å². The Balaban J connectivity index is 2.32. The van der Waals surface area contributed by atoms with Crippen molar-refractivity contribution in [1.29, 1.82) is 0 Å². The summed E-state index contributed by atoms with van der Waals surface area (Å²) in [7, 11) is 0. The number of halogens is 1. The van der Waals surface area contributed by atoms with Gasteiger partial charge in [0, 0.05) is 0 Å². The van der Waals surface area contributed by atoms with Crippen molar-refractivity contribution in [2.24, 2.45) is 0 Å². The zero-order chi connectivity index (χ0) is 3.58. The van der Waals surface area contributed by atoms with E-state index < -0.39 is 5.03 Å². The highest BCUT2D eigenvalue weighted by Gasteiger charge is 1.73. The zero-order valence-electron chi connectivity index (χ0n) is 1.72. The molecule has 0 aromatic carbocycles. The number of hydrogen-bond donors (Lipinski definition) is 2. The molecule has 0 unspecified atom stereocenters. The van der Waals surface area contributed by atoms with Gasteiger partial charge in [0.1, 0.15) is 0 Å². The lowest BCUT2D eigenvalue weighted by Crippen LogP contribution is -0.948. The molecule has 0 spiro atoms. The van der Waals surface area contributed by atoms with E-state index in [0.29, 0.717) is 0 Å². The smallest absolute Gasteiger partial charge is 0.0769 e. The Bertz CT molecular complexity index is 10.8. The lowest BCUT2D eigenvalue weighted by Gasteiger charge is -1.74. The van der Waals surface area contributed by atoms with Crippen molar-refractivity contribution in [2.45, 2.75) is 0 Å². The Kier molecular flexibility index (Phi) is 3.96. The van der Waals surface area contributed by atoms with Crippen LogP contribution >= 0.6 is 45.0 Å². The van der Waals surface area contributed by atoms with Crippen LogP contribution in [-0.2, 0) is 0 Å². The first-order valence-electron chi connectivity index (χ1n) is 0.569. The van der Waals surface area contributed by atoms with Crippen LogP contribution in [0.1, 0.15) is 0 Å². The van der Waals surface area contributed by atoms with Gasteiger partial charge in [0.05, 0.1) is 5.03 Å². The summed E-state index contributed by atoms with van der Waals surface area (Å²) in [5.41, 5.74) is 0. The largest absolute Gasteiger partial charge is 0.129 e. The van der Waals surface area contributed by atoms with Crippen LogP contribution in [0.25, 0.3) is 0 Å². The van der Waals surface area contributed by atoms with Crippen LogP contribution in [0.15, 0.2) is 0 Å². The molecule has 0 bridgehead atoms. The van der Waals surface area contributed by atoms with Gasteiger partial charge in [-0.3, -0.25) is 0 Å². The van der Waals surface area contributed by atoms with Crippen molar-refractivity contribution in [3.8, 4) is 0 Å². The molecule has 0 aliphatic carbocycles. The van der Waals surface area contributed by atoms with Gasteiger partial charge in [0.25, 0.3) is 0 Å².